The van der Waals surface area contributed by atoms with E-state index in [0.29, 0.717) is 19.0 Å². The molecule has 4 rings (SSSR count). The van der Waals surface area contributed by atoms with E-state index in [1.54, 1.807) is 34.5 Å². The molecule has 3 aromatic rings. The number of rotatable bonds is 4. The van der Waals surface area contributed by atoms with Crippen molar-refractivity contribution >= 4 is 16.5 Å². The van der Waals surface area contributed by atoms with Gasteiger partial charge in [-0.05, 0) is 26.0 Å². The molecule has 0 bridgehead atoms. The van der Waals surface area contributed by atoms with Gasteiger partial charge in [0.25, 0.3) is 5.56 Å². The van der Waals surface area contributed by atoms with Gasteiger partial charge in [-0.25, -0.2) is 14.3 Å². The zero-order valence-corrected chi connectivity index (χ0v) is 14.7. The monoisotopic (exact) mass is 358 g/mol. The van der Waals surface area contributed by atoms with Gasteiger partial charge in [0.2, 0.25) is 0 Å². The maximum Gasteiger partial charge on any atom is 0.267 e. The topological polar surface area (TPSA) is 86.9 Å². The molecule has 1 saturated heterocycles. The molecular formula is C16H18N6O2S. The van der Waals surface area contributed by atoms with Gasteiger partial charge in [-0.15, -0.1) is 16.4 Å². The Morgan fingerprint density at radius 1 is 1.32 bits per heavy atom. The zero-order valence-electron chi connectivity index (χ0n) is 13.9. The molecule has 1 fully saturated rings. The van der Waals surface area contributed by atoms with Crippen molar-refractivity contribution in [2.45, 2.75) is 25.9 Å². The van der Waals surface area contributed by atoms with E-state index in [0.717, 1.165) is 10.8 Å². The van der Waals surface area contributed by atoms with Crippen molar-refractivity contribution in [1.82, 2.24) is 24.5 Å². The Bertz CT molecular complexity index is 913. The van der Waals surface area contributed by atoms with E-state index < -0.39 is 0 Å². The number of nitrogens with one attached hydrogen (secondary N) is 1. The first-order chi connectivity index (χ1) is 12.1. The fourth-order valence-electron chi connectivity index (χ4n) is 2.79. The average molecular weight is 358 g/mol. The summed E-state index contributed by atoms with van der Waals surface area (Å²) in [7, 11) is 0. The van der Waals surface area contributed by atoms with Crippen LogP contribution in [0, 0.1) is 13.8 Å². The maximum absolute atomic E-state index is 12.4. The predicted octanol–water partition coefficient (Wildman–Crippen LogP) is 1.55. The molecule has 0 amide bonds. The van der Waals surface area contributed by atoms with Crippen LogP contribution in [0.15, 0.2) is 35.4 Å². The Labute approximate surface area is 148 Å². The fourth-order valence-corrected chi connectivity index (χ4v) is 3.67. The van der Waals surface area contributed by atoms with Crippen LogP contribution >= 0.6 is 11.3 Å². The van der Waals surface area contributed by atoms with Gasteiger partial charge in [0.1, 0.15) is 6.04 Å². The summed E-state index contributed by atoms with van der Waals surface area (Å²) >= 11 is 1.60. The van der Waals surface area contributed by atoms with Crippen LogP contribution in [0.1, 0.15) is 16.6 Å². The number of thiazole rings is 1. The van der Waals surface area contributed by atoms with Crippen molar-refractivity contribution in [3.63, 3.8) is 0 Å². The van der Waals surface area contributed by atoms with Crippen molar-refractivity contribution in [1.29, 1.82) is 0 Å². The molecule has 4 heterocycles. The molecule has 1 aliphatic rings. The Hall–Kier alpha value is -2.52. The second kappa shape index (κ2) is 6.41. The van der Waals surface area contributed by atoms with Gasteiger partial charge in [-0.1, -0.05) is 0 Å². The van der Waals surface area contributed by atoms with Crippen molar-refractivity contribution in [2.24, 2.45) is 0 Å². The number of nitrogens with zero attached hydrogens (tertiary/aromatic N) is 5. The number of hydrogen-bond acceptors (Lipinski definition) is 7. The highest BCUT2D eigenvalue weighted by atomic mass is 32.1. The quantitative estimate of drug-likeness (QED) is 0.761. The Morgan fingerprint density at radius 2 is 2.20 bits per heavy atom. The fraction of sp³-hybridized carbons (Fsp3) is 0.375. The molecule has 9 heteroatoms. The molecule has 8 nitrogen and oxygen atoms in total. The van der Waals surface area contributed by atoms with Crippen molar-refractivity contribution in [3.05, 3.63) is 51.5 Å². The molecule has 0 spiro atoms. The Morgan fingerprint density at radius 3 is 2.92 bits per heavy atom. The van der Waals surface area contributed by atoms with Gasteiger partial charge < -0.3 is 10.1 Å². The first-order valence-electron chi connectivity index (χ1n) is 8.00. The molecule has 0 aromatic carbocycles. The van der Waals surface area contributed by atoms with Crippen LogP contribution in [-0.4, -0.2) is 43.8 Å². The lowest BCUT2D eigenvalue weighted by atomic mass is 10.2. The third-order valence-electron chi connectivity index (χ3n) is 4.25. The van der Waals surface area contributed by atoms with Crippen LogP contribution in [0.2, 0.25) is 0 Å². The maximum atomic E-state index is 12.4. The largest absolute Gasteiger partial charge is 0.377 e. The van der Waals surface area contributed by atoms with Crippen LogP contribution in [0.25, 0.3) is 5.82 Å². The summed E-state index contributed by atoms with van der Waals surface area (Å²) in [6.07, 6.45) is 3.46. The summed E-state index contributed by atoms with van der Waals surface area (Å²) in [4.78, 5) is 18.0. The number of ether oxygens (including phenoxy) is 1. The summed E-state index contributed by atoms with van der Waals surface area (Å²) in [5.74, 6) is 0.594. The van der Waals surface area contributed by atoms with Gasteiger partial charge in [0.05, 0.1) is 24.9 Å². The van der Waals surface area contributed by atoms with E-state index in [1.807, 2.05) is 19.9 Å². The van der Waals surface area contributed by atoms with Gasteiger partial charge in [0, 0.05) is 23.3 Å². The second-order valence-corrected chi connectivity index (χ2v) is 7.14. The average Bonchev–Trinajstić information content (AvgIpc) is 3.32. The van der Waals surface area contributed by atoms with E-state index in [-0.39, 0.29) is 17.6 Å². The number of aryl methyl sites for hydroxylation is 2. The van der Waals surface area contributed by atoms with Crippen LogP contribution in [-0.2, 0) is 4.74 Å². The molecular weight excluding hydrogens is 340 g/mol. The lowest BCUT2D eigenvalue weighted by molar-refractivity contribution is 0.182. The third kappa shape index (κ3) is 3.08. The Kier molecular flexibility index (Phi) is 4.10. The van der Waals surface area contributed by atoms with Crippen LogP contribution in [0.4, 0.5) is 5.13 Å². The molecule has 0 aliphatic carbocycles. The smallest absolute Gasteiger partial charge is 0.267 e. The summed E-state index contributed by atoms with van der Waals surface area (Å²) in [6, 6.07) is 4.72. The van der Waals surface area contributed by atoms with Crippen LogP contribution < -0.4 is 10.9 Å². The van der Waals surface area contributed by atoms with Crippen molar-refractivity contribution in [2.75, 3.05) is 18.5 Å². The van der Waals surface area contributed by atoms with Gasteiger partial charge in [0.15, 0.2) is 10.9 Å². The van der Waals surface area contributed by atoms with Gasteiger partial charge in [-0.2, -0.15) is 5.10 Å². The summed E-state index contributed by atoms with van der Waals surface area (Å²) < 4.78 is 8.72. The Balaban J connectivity index is 1.63. The molecule has 1 N–H and O–H groups in total. The number of anilines is 1. The molecule has 25 heavy (non-hydrogen) atoms. The van der Waals surface area contributed by atoms with Crippen LogP contribution in [0.5, 0.6) is 0 Å². The van der Waals surface area contributed by atoms with Crippen molar-refractivity contribution < 1.29 is 4.74 Å². The predicted molar refractivity (Wildman–Crippen MR) is 94.5 cm³/mol. The molecule has 0 radical (unpaired) electrons. The standard InChI is InChI=1S/C16H18N6O2S/c1-10-11(2)25-16(18-10)19-12-8-24-9-13(12)22-15(23)5-4-14(20-22)21-7-3-6-17-21/h3-7,12-13H,8-9H2,1-2H3,(H,18,19). The van der Waals surface area contributed by atoms with E-state index in [1.165, 1.54) is 15.6 Å². The highest BCUT2D eigenvalue weighted by molar-refractivity contribution is 7.15. The molecule has 2 atom stereocenters. The second-order valence-electron chi connectivity index (χ2n) is 5.94. The minimum atomic E-state index is -0.201. The van der Waals surface area contributed by atoms with Crippen molar-refractivity contribution in [3.8, 4) is 5.82 Å². The summed E-state index contributed by atoms with van der Waals surface area (Å²) in [5.41, 5.74) is 0.851. The lowest BCUT2D eigenvalue weighted by Gasteiger charge is -2.20. The highest BCUT2D eigenvalue weighted by Gasteiger charge is 2.32. The number of hydrogen-bond donors (Lipinski definition) is 1. The normalized spacial score (nSPS) is 20.1. The summed E-state index contributed by atoms with van der Waals surface area (Å²) in [5, 5.41) is 12.9. The van der Waals surface area contributed by atoms with E-state index in [9.17, 15) is 4.79 Å². The first kappa shape index (κ1) is 16.0. The SMILES string of the molecule is Cc1nc(NC2COCC2n2nc(-n3cccn3)ccc2=O)sc1C. The van der Waals surface area contributed by atoms with Gasteiger partial charge in [-0.3, -0.25) is 4.79 Å². The molecule has 3 aromatic heterocycles. The molecule has 2 unspecified atom stereocenters. The van der Waals surface area contributed by atoms with Gasteiger partial charge >= 0.3 is 0 Å². The highest BCUT2D eigenvalue weighted by Crippen LogP contribution is 2.26. The van der Waals surface area contributed by atoms with E-state index in [2.05, 4.69) is 20.5 Å². The molecule has 130 valence electrons. The zero-order chi connectivity index (χ0) is 17.4. The number of aromatic nitrogens is 5. The summed E-state index contributed by atoms with van der Waals surface area (Å²) in [6.45, 7) is 4.96. The van der Waals surface area contributed by atoms with Crippen LogP contribution in [0.3, 0.4) is 0 Å². The van der Waals surface area contributed by atoms with E-state index in [4.69, 9.17) is 4.74 Å². The molecule has 1 aliphatic heterocycles. The third-order valence-corrected chi connectivity index (χ3v) is 5.26. The first-order valence-corrected chi connectivity index (χ1v) is 8.81. The minimum Gasteiger partial charge on any atom is -0.377 e. The lowest BCUT2D eigenvalue weighted by Crippen LogP contribution is -2.37. The van der Waals surface area contributed by atoms with E-state index >= 15 is 0 Å². The minimum absolute atomic E-state index is 0.0666. The molecule has 0 saturated carbocycles.